The van der Waals surface area contributed by atoms with Gasteiger partial charge in [-0.15, -0.1) is 0 Å². The lowest BCUT2D eigenvalue weighted by atomic mass is 9.83. The number of pyridine rings is 1. The summed E-state index contributed by atoms with van der Waals surface area (Å²) in [5, 5.41) is 0. The maximum absolute atomic E-state index is 13.2. The van der Waals surface area contributed by atoms with E-state index >= 15 is 0 Å². The maximum atomic E-state index is 13.2. The Balaban J connectivity index is 2.19. The van der Waals surface area contributed by atoms with Crippen molar-refractivity contribution >= 4 is 12.2 Å². The molecule has 0 aliphatic heterocycles. The summed E-state index contributed by atoms with van der Waals surface area (Å²) in [4.78, 5) is 22.1. The molecule has 0 atom stereocenters. The Morgan fingerprint density at radius 3 is 2.15 bits per heavy atom. The molecule has 0 amide bonds. The van der Waals surface area contributed by atoms with Crippen LogP contribution in [0.5, 0.6) is 0 Å². The van der Waals surface area contributed by atoms with Gasteiger partial charge in [-0.25, -0.2) is 4.79 Å². The van der Waals surface area contributed by atoms with Crippen LogP contribution < -0.4 is 0 Å². The highest BCUT2D eigenvalue weighted by atomic mass is 16.5. The first kappa shape index (κ1) is 18.3. The van der Waals surface area contributed by atoms with Crippen LogP contribution in [-0.4, -0.2) is 23.8 Å². The summed E-state index contributed by atoms with van der Waals surface area (Å²) < 4.78 is 5.47. The molecule has 3 aromatic rings. The van der Waals surface area contributed by atoms with Crippen LogP contribution in [0, 0.1) is 0 Å². The van der Waals surface area contributed by atoms with Crippen LogP contribution in [0.4, 0.5) is 0 Å². The maximum Gasteiger partial charge on any atom is 0.343 e. The molecular formula is C23H20N2O2. The second kappa shape index (κ2) is 8.72. The van der Waals surface area contributed by atoms with Crippen molar-refractivity contribution < 1.29 is 9.53 Å². The summed E-state index contributed by atoms with van der Waals surface area (Å²) in [6.07, 6.45) is 6.59. The molecule has 3 rings (SSSR count). The SMILES string of the molecule is C=CCOC(=O)C(N=Cc1cccnc1)(c1ccccc1)c1ccccc1. The van der Waals surface area contributed by atoms with Crippen molar-refractivity contribution in [3.05, 3.63) is 115 Å². The molecule has 0 saturated carbocycles. The molecule has 0 spiro atoms. The predicted molar refractivity (Wildman–Crippen MR) is 107 cm³/mol. The molecular weight excluding hydrogens is 336 g/mol. The smallest absolute Gasteiger partial charge is 0.343 e. The Labute approximate surface area is 158 Å². The summed E-state index contributed by atoms with van der Waals surface area (Å²) in [5.41, 5.74) is 0.933. The van der Waals surface area contributed by atoms with E-state index in [1.54, 1.807) is 24.7 Å². The van der Waals surface area contributed by atoms with Crippen LogP contribution >= 0.6 is 0 Å². The Morgan fingerprint density at radius 2 is 1.63 bits per heavy atom. The second-order valence-corrected chi connectivity index (χ2v) is 5.87. The van der Waals surface area contributed by atoms with Crippen LogP contribution in [0.1, 0.15) is 16.7 Å². The van der Waals surface area contributed by atoms with Crippen LogP contribution in [-0.2, 0) is 15.1 Å². The van der Waals surface area contributed by atoms with Gasteiger partial charge in [0, 0.05) is 24.2 Å². The summed E-state index contributed by atoms with van der Waals surface area (Å²) in [6, 6.07) is 22.5. The molecule has 4 nitrogen and oxygen atoms in total. The third-order valence-electron chi connectivity index (χ3n) is 4.10. The van der Waals surface area contributed by atoms with Gasteiger partial charge in [0.15, 0.2) is 0 Å². The number of hydrogen-bond acceptors (Lipinski definition) is 4. The van der Waals surface area contributed by atoms with E-state index in [0.717, 1.165) is 16.7 Å². The lowest BCUT2D eigenvalue weighted by Gasteiger charge is -2.28. The summed E-state index contributed by atoms with van der Waals surface area (Å²) in [7, 11) is 0. The van der Waals surface area contributed by atoms with Gasteiger partial charge < -0.3 is 4.74 Å². The molecule has 0 fully saturated rings. The minimum atomic E-state index is -1.32. The van der Waals surface area contributed by atoms with Gasteiger partial charge in [-0.3, -0.25) is 9.98 Å². The van der Waals surface area contributed by atoms with Crippen molar-refractivity contribution in [3.63, 3.8) is 0 Å². The molecule has 0 unspecified atom stereocenters. The molecule has 27 heavy (non-hydrogen) atoms. The van der Waals surface area contributed by atoms with Crippen LogP contribution in [0.25, 0.3) is 0 Å². The molecule has 0 N–H and O–H groups in total. The third-order valence-corrected chi connectivity index (χ3v) is 4.10. The fourth-order valence-electron chi connectivity index (χ4n) is 2.83. The van der Waals surface area contributed by atoms with E-state index in [0.29, 0.717) is 0 Å². The quantitative estimate of drug-likeness (QED) is 0.363. The topological polar surface area (TPSA) is 51.5 Å². The predicted octanol–water partition coefficient (Wildman–Crippen LogP) is 4.17. The largest absolute Gasteiger partial charge is 0.459 e. The number of aliphatic imine (C=N–C) groups is 1. The average molecular weight is 356 g/mol. The molecule has 2 aromatic carbocycles. The Hall–Kier alpha value is -3.53. The molecule has 0 aliphatic carbocycles. The number of aromatic nitrogens is 1. The summed E-state index contributed by atoms with van der Waals surface area (Å²) in [6.45, 7) is 3.74. The Morgan fingerprint density at radius 1 is 1.00 bits per heavy atom. The Kier molecular flexibility index (Phi) is 5.90. The molecule has 0 bridgehead atoms. The number of rotatable bonds is 7. The molecule has 1 aromatic heterocycles. The zero-order valence-corrected chi connectivity index (χ0v) is 14.9. The molecule has 1 heterocycles. The van der Waals surface area contributed by atoms with Gasteiger partial charge in [-0.05, 0) is 17.2 Å². The first-order chi connectivity index (χ1) is 13.3. The van der Waals surface area contributed by atoms with Crippen LogP contribution in [0.15, 0.2) is 103 Å². The molecule has 0 radical (unpaired) electrons. The highest BCUT2D eigenvalue weighted by molar-refractivity contribution is 5.91. The average Bonchev–Trinajstić information content (AvgIpc) is 2.75. The van der Waals surface area contributed by atoms with E-state index in [4.69, 9.17) is 9.73 Å². The van der Waals surface area contributed by atoms with Gasteiger partial charge >= 0.3 is 5.97 Å². The minimum absolute atomic E-state index is 0.114. The third kappa shape index (κ3) is 4.01. The lowest BCUT2D eigenvalue weighted by Crippen LogP contribution is -2.37. The van der Waals surface area contributed by atoms with Crippen molar-refractivity contribution in [2.75, 3.05) is 6.61 Å². The van der Waals surface area contributed by atoms with Crippen LogP contribution in [0.3, 0.4) is 0 Å². The second-order valence-electron chi connectivity index (χ2n) is 5.87. The van der Waals surface area contributed by atoms with E-state index in [1.807, 2.05) is 72.8 Å². The normalized spacial score (nSPS) is 11.3. The number of esters is 1. The van der Waals surface area contributed by atoms with E-state index in [1.165, 1.54) is 0 Å². The molecule has 134 valence electrons. The van der Waals surface area contributed by atoms with Gasteiger partial charge in [0.25, 0.3) is 0 Å². The standard InChI is InChI=1S/C23H20N2O2/c1-2-16-27-22(26)23(20-11-5-3-6-12-20,21-13-7-4-8-14-21)25-18-19-10-9-15-24-17-19/h2-15,17-18H,1,16H2. The first-order valence-corrected chi connectivity index (χ1v) is 8.62. The van der Waals surface area contributed by atoms with Gasteiger partial charge in [0.05, 0.1) is 0 Å². The first-order valence-electron chi connectivity index (χ1n) is 8.62. The molecule has 0 aliphatic rings. The van der Waals surface area contributed by atoms with Gasteiger partial charge in [-0.2, -0.15) is 0 Å². The van der Waals surface area contributed by atoms with E-state index in [2.05, 4.69) is 11.6 Å². The van der Waals surface area contributed by atoms with Crippen LogP contribution in [0.2, 0.25) is 0 Å². The van der Waals surface area contributed by atoms with Gasteiger partial charge in [0.1, 0.15) is 6.61 Å². The lowest BCUT2D eigenvalue weighted by molar-refractivity contribution is -0.147. The van der Waals surface area contributed by atoms with Gasteiger partial charge in [-0.1, -0.05) is 79.4 Å². The fraction of sp³-hybridized carbons (Fsp3) is 0.0870. The van der Waals surface area contributed by atoms with Crippen molar-refractivity contribution in [3.8, 4) is 0 Å². The minimum Gasteiger partial charge on any atom is -0.459 e. The zero-order valence-electron chi connectivity index (χ0n) is 14.9. The van der Waals surface area contributed by atoms with Gasteiger partial charge in [0.2, 0.25) is 5.54 Å². The number of carbonyl (C=O) groups excluding carboxylic acids is 1. The van der Waals surface area contributed by atoms with Crippen molar-refractivity contribution in [1.82, 2.24) is 4.98 Å². The molecule has 0 saturated heterocycles. The number of carbonyl (C=O) groups is 1. The van der Waals surface area contributed by atoms with E-state index in [-0.39, 0.29) is 6.61 Å². The summed E-state index contributed by atoms with van der Waals surface area (Å²) >= 11 is 0. The number of hydrogen-bond donors (Lipinski definition) is 0. The highest BCUT2D eigenvalue weighted by Gasteiger charge is 2.43. The highest BCUT2D eigenvalue weighted by Crippen LogP contribution is 2.35. The Bertz CT molecular complexity index is 867. The van der Waals surface area contributed by atoms with E-state index < -0.39 is 11.5 Å². The summed E-state index contributed by atoms with van der Waals surface area (Å²) in [5.74, 6) is -0.458. The number of ether oxygens (including phenoxy) is 1. The number of nitrogens with zero attached hydrogens (tertiary/aromatic N) is 2. The van der Waals surface area contributed by atoms with E-state index in [9.17, 15) is 4.79 Å². The fourth-order valence-corrected chi connectivity index (χ4v) is 2.83. The van der Waals surface area contributed by atoms with Crippen molar-refractivity contribution in [1.29, 1.82) is 0 Å². The molecule has 4 heteroatoms. The van der Waals surface area contributed by atoms with Crippen molar-refractivity contribution in [2.24, 2.45) is 4.99 Å². The zero-order chi connectivity index (χ0) is 19.0. The number of benzene rings is 2. The monoisotopic (exact) mass is 356 g/mol. The van der Waals surface area contributed by atoms with Crippen molar-refractivity contribution in [2.45, 2.75) is 5.54 Å².